The van der Waals surface area contributed by atoms with Gasteiger partial charge in [-0.05, 0) is 29.3 Å². The van der Waals surface area contributed by atoms with Crippen LogP contribution in [0.25, 0.3) is 10.8 Å². The van der Waals surface area contributed by atoms with E-state index in [1.165, 1.54) is 83.5 Å². The third-order valence-corrected chi connectivity index (χ3v) is 7.55. The van der Waals surface area contributed by atoms with Crippen molar-refractivity contribution in [3.63, 3.8) is 0 Å². The molecule has 3 nitrogen and oxygen atoms in total. The van der Waals surface area contributed by atoms with Gasteiger partial charge in [0.15, 0.2) is 0 Å². The summed E-state index contributed by atoms with van der Waals surface area (Å²) in [6.07, 6.45) is 20.9. The molecule has 0 unspecified atom stereocenters. The summed E-state index contributed by atoms with van der Waals surface area (Å²) in [7, 11) is -3.67. The van der Waals surface area contributed by atoms with Crippen LogP contribution in [0.3, 0.4) is 0 Å². The Kier molecular flexibility index (Phi) is 13.6. The lowest BCUT2D eigenvalue weighted by atomic mass is 10.0. The Morgan fingerprint density at radius 3 is 1.59 bits per heavy atom. The van der Waals surface area contributed by atoms with Gasteiger partial charge >= 0.3 is 0 Å². The predicted molar refractivity (Wildman–Crippen MR) is 137 cm³/mol. The van der Waals surface area contributed by atoms with E-state index in [0.717, 1.165) is 30.0 Å². The third-order valence-electron chi connectivity index (χ3n) is 6.25. The number of benzene rings is 2. The quantitative estimate of drug-likeness (QED) is 0.155. The Balaban J connectivity index is 1.42. The van der Waals surface area contributed by atoms with Gasteiger partial charge in [0.05, 0.1) is 11.5 Å². The fourth-order valence-electron chi connectivity index (χ4n) is 4.21. The number of fused-ring (bicyclic) bond motifs is 1. The highest BCUT2D eigenvalue weighted by Crippen LogP contribution is 2.21. The highest BCUT2D eigenvalue weighted by atomic mass is 32.2. The highest BCUT2D eigenvalue weighted by molar-refractivity contribution is 7.86. The summed E-state index contributed by atoms with van der Waals surface area (Å²) in [5.41, 5.74) is 0. The van der Waals surface area contributed by atoms with E-state index in [1.54, 1.807) is 12.1 Å². The van der Waals surface area contributed by atoms with E-state index in [1.807, 2.05) is 30.3 Å². The summed E-state index contributed by atoms with van der Waals surface area (Å²) in [6, 6.07) is 12.9. The number of rotatable bonds is 19. The molecule has 0 aliphatic carbocycles. The second-order valence-electron chi connectivity index (χ2n) is 9.09. The van der Waals surface area contributed by atoms with E-state index in [2.05, 4.69) is 6.92 Å². The average molecular weight is 461 g/mol. The van der Waals surface area contributed by atoms with E-state index in [9.17, 15) is 8.42 Å². The van der Waals surface area contributed by atoms with E-state index < -0.39 is 10.1 Å². The Labute approximate surface area is 197 Å². The molecule has 0 radical (unpaired) electrons. The summed E-state index contributed by atoms with van der Waals surface area (Å²) in [6.45, 7) is 2.54. The molecule has 0 aliphatic rings. The van der Waals surface area contributed by atoms with Crippen LogP contribution < -0.4 is 0 Å². The molecule has 0 aromatic heterocycles. The Bertz CT molecular complexity index is 845. The lowest BCUT2D eigenvalue weighted by molar-refractivity contribution is 0.306. The SMILES string of the molecule is CCCCCCCCCCCCCCCCCCOS(=O)(=O)c1ccc2ccccc2c1. The van der Waals surface area contributed by atoms with Crippen molar-refractivity contribution in [2.24, 2.45) is 0 Å². The minimum absolute atomic E-state index is 0.243. The molecule has 0 saturated heterocycles. The molecule has 0 fully saturated rings. The molecular weight excluding hydrogens is 416 g/mol. The van der Waals surface area contributed by atoms with Crippen molar-refractivity contribution in [2.75, 3.05) is 6.61 Å². The van der Waals surface area contributed by atoms with Crippen LogP contribution in [-0.4, -0.2) is 15.0 Å². The largest absolute Gasteiger partial charge is 0.296 e. The van der Waals surface area contributed by atoms with Crippen molar-refractivity contribution >= 4 is 20.9 Å². The smallest absolute Gasteiger partial charge is 0.266 e. The lowest BCUT2D eigenvalue weighted by Crippen LogP contribution is -2.07. The predicted octanol–water partition coefficient (Wildman–Crippen LogP) is 8.81. The van der Waals surface area contributed by atoms with E-state index in [0.29, 0.717) is 0 Å². The second-order valence-corrected chi connectivity index (χ2v) is 10.7. The topological polar surface area (TPSA) is 43.4 Å². The van der Waals surface area contributed by atoms with Gasteiger partial charge in [-0.15, -0.1) is 0 Å². The van der Waals surface area contributed by atoms with Crippen molar-refractivity contribution in [3.8, 4) is 0 Å². The monoisotopic (exact) mass is 460 g/mol. The first kappa shape index (κ1) is 26.9. The Hall–Kier alpha value is -1.39. The van der Waals surface area contributed by atoms with E-state index in [4.69, 9.17) is 4.18 Å². The molecule has 4 heteroatoms. The highest BCUT2D eigenvalue weighted by Gasteiger charge is 2.15. The second kappa shape index (κ2) is 16.3. The molecule has 0 N–H and O–H groups in total. The van der Waals surface area contributed by atoms with Crippen molar-refractivity contribution in [1.82, 2.24) is 0 Å². The Morgan fingerprint density at radius 2 is 1.06 bits per heavy atom. The van der Waals surface area contributed by atoms with Crippen molar-refractivity contribution in [3.05, 3.63) is 42.5 Å². The summed E-state index contributed by atoms with van der Waals surface area (Å²) >= 11 is 0. The molecule has 0 saturated carbocycles. The van der Waals surface area contributed by atoms with Gasteiger partial charge in [0.25, 0.3) is 10.1 Å². The minimum atomic E-state index is -3.67. The summed E-state index contributed by atoms with van der Waals surface area (Å²) in [5.74, 6) is 0. The maximum absolute atomic E-state index is 12.4. The van der Waals surface area contributed by atoms with Crippen LogP contribution in [0.2, 0.25) is 0 Å². The van der Waals surface area contributed by atoms with E-state index in [-0.39, 0.29) is 11.5 Å². The van der Waals surface area contributed by atoms with Crippen LogP contribution in [0.1, 0.15) is 110 Å². The first-order valence-corrected chi connectivity index (χ1v) is 14.4. The average Bonchev–Trinajstić information content (AvgIpc) is 2.80. The van der Waals surface area contributed by atoms with Gasteiger partial charge in [0, 0.05) is 0 Å². The number of hydrogen-bond acceptors (Lipinski definition) is 3. The molecule has 2 rings (SSSR count). The molecule has 2 aromatic rings. The van der Waals surface area contributed by atoms with Gasteiger partial charge < -0.3 is 0 Å². The molecule has 0 amide bonds. The van der Waals surface area contributed by atoms with Gasteiger partial charge in [-0.25, -0.2) is 0 Å². The number of unbranched alkanes of at least 4 members (excludes halogenated alkanes) is 15. The lowest BCUT2D eigenvalue weighted by Gasteiger charge is -2.07. The van der Waals surface area contributed by atoms with Crippen LogP contribution in [0.15, 0.2) is 47.4 Å². The zero-order valence-corrected chi connectivity index (χ0v) is 21.0. The minimum Gasteiger partial charge on any atom is -0.266 e. The molecule has 0 bridgehead atoms. The fourth-order valence-corrected chi connectivity index (χ4v) is 5.19. The van der Waals surface area contributed by atoms with Crippen LogP contribution in [0.5, 0.6) is 0 Å². The van der Waals surface area contributed by atoms with Crippen molar-refractivity contribution < 1.29 is 12.6 Å². The van der Waals surface area contributed by atoms with Gasteiger partial charge in [-0.2, -0.15) is 8.42 Å². The van der Waals surface area contributed by atoms with Crippen LogP contribution in [0.4, 0.5) is 0 Å². The van der Waals surface area contributed by atoms with Crippen LogP contribution >= 0.6 is 0 Å². The number of hydrogen-bond donors (Lipinski definition) is 0. The Morgan fingerprint density at radius 1 is 0.594 bits per heavy atom. The third kappa shape index (κ3) is 11.0. The summed E-state index contributed by atoms with van der Waals surface area (Å²) in [5, 5.41) is 1.95. The van der Waals surface area contributed by atoms with Crippen LogP contribution in [0, 0.1) is 0 Å². The molecule has 0 aliphatic heterocycles. The first-order valence-electron chi connectivity index (χ1n) is 13.0. The van der Waals surface area contributed by atoms with E-state index >= 15 is 0 Å². The molecule has 0 spiro atoms. The van der Waals surface area contributed by atoms with Crippen LogP contribution in [-0.2, 0) is 14.3 Å². The van der Waals surface area contributed by atoms with Gasteiger partial charge in [-0.3, -0.25) is 4.18 Å². The first-order chi connectivity index (χ1) is 15.6. The molecular formula is C28H44O3S. The molecule has 0 heterocycles. The molecule has 2 aromatic carbocycles. The normalized spacial score (nSPS) is 11.9. The molecule has 180 valence electrons. The van der Waals surface area contributed by atoms with Crippen molar-refractivity contribution in [2.45, 2.75) is 115 Å². The maximum atomic E-state index is 12.4. The summed E-state index contributed by atoms with van der Waals surface area (Å²) < 4.78 is 30.1. The fraction of sp³-hybridized carbons (Fsp3) is 0.643. The standard InChI is InChI=1S/C28H44O3S/c1-2-3-4-5-6-7-8-9-10-11-12-13-14-15-16-19-24-31-32(29,30)28-23-22-26-20-17-18-21-27(26)25-28/h17-18,20-23,25H,2-16,19,24H2,1H3. The maximum Gasteiger partial charge on any atom is 0.296 e. The van der Waals surface area contributed by atoms with Gasteiger partial charge in [-0.1, -0.05) is 134 Å². The van der Waals surface area contributed by atoms with Gasteiger partial charge in [0.2, 0.25) is 0 Å². The zero-order chi connectivity index (χ0) is 22.9. The van der Waals surface area contributed by atoms with Crippen molar-refractivity contribution in [1.29, 1.82) is 0 Å². The summed E-state index contributed by atoms with van der Waals surface area (Å²) in [4.78, 5) is 0.243. The molecule has 32 heavy (non-hydrogen) atoms. The molecule has 0 atom stereocenters. The van der Waals surface area contributed by atoms with Gasteiger partial charge in [0.1, 0.15) is 0 Å². The zero-order valence-electron chi connectivity index (χ0n) is 20.2.